The fraction of sp³-hybridized carbons (Fsp3) is 0. The van der Waals surface area contributed by atoms with E-state index in [1.165, 1.54) is 0 Å². The van der Waals surface area contributed by atoms with Gasteiger partial charge in [0, 0.05) is 127 Å². The first-order valence-electron chi connectivity index (χ1n) is 5.89. The van der Waals surface area contributed by atoms with Crippen LogP contribution in [0.2, 0.25) is 0 Å². The molecule has 0 spiro atoms. The molecule has 0 saturated heterocycles. The van der Waals surface area contributed by atoms with Gasteiger partial charge in [0.05, 0.1) is 0 Å². The van der Waals surface area contributed by atoms with Crippen molar-refractivity contribution < 1.29 is 70.0 Å². The maximum atomic E-state index is 7.50. The van der Waals surface area contributed by atoms with Crippen molar-refractivity contribution >= 4 is 0 Å². The minimum Gasteiger partial charge on any atom is 0 e. The molecule has 8 heteroatoms. The normalized spacial score (nSPS) is 4.43. The molecule has 0 heterocycles. The topological polar surface area (TPSA) is 119 Å². The van der Waals surface area contributed by atoms with E-state index < -0.39 is 0 Å². The van der Waals surface area contributed by atoms with Gasteiger partial charge in [0.15, 0.2) is 0 Å². The molecule has 6 nitrogen and oxygen atoms in total. The first-order valence-corrected chi connectivity index (χ1v) is 5.89. The molecular formula is C20H14Mo2O6+2. The van der Waals surface area contributed by atoms with E-state index >= 15 is 0 Å². The molecule has 2 aromatic rings. The molecule has 0 fully saturated rings. The van der Waals surface area contributed by atoms with Crippen LogP contribution in [0.3, 0.4) is 0 Å². The van der Waals surface area contributed by atoms with Crippen molar-refractivity contribution in [2.75, 3.05) is 0 Å². The van der Waals surface area contributed by atoms with Gasteiger partial charge in [-0.05, 0) is 0 Å². The Morgan fingerprint density at radius 1 is 0.321 bits per heavy atom. The summed E-state index contributed by atoms with van der Waals surface area (Å²) < 4.78 is 45.0. The quantitative estimate of drug-likeness (QED) is 0.274. The van der Waals surface area contributed by atoms with E-state index in [1.54, 1.807) is 0 Å². The second-order valence-corrected chi connectivity index (χ2v) is 2.69. The van der Waals surface area contributed by atoms with Crippen LogP contribution < -0.4 is 0 Å². The first kappa shape index (κ1) is 50.2. The van der Waals surface area contributed by atoms with Crippen LogP contribution >= 0.6 is 0 Å². The van der Waals surface area contributed by atoms with Crippen LogP contribution in [0.25, 0.3) is 0 Å². The SMILES string of the molecule is [C-]#[O+].[C-]#[O+].[C-]#[O+].[C-]#[O+].[C-]#[O+].[C-]#[O+].[Mo].[Mo].c1ccc[cH+]cc1.c1ccc[cH+]cc1. The van der Waals surface area contributed by atoms with Crippen LogP contribution in [-0.2, 0) is 70.0 Å². The first-order chi connectivity index (χ1) is 13.0. The van der Waals surface area contributed by atoms with Crippen LogP contribution in [0.1, 0.15) is 0 Å². The Hall–Kier alpha value is -2.00. The van der Waals surface area contributed by atoms with Gasteiger partial charge in [-0.1, -0.05) is 0 Å². The molecule has 0 saturated carbocycles. The largest absolute Gasteiger partial charge is 0.0467 e. The summed E-state index contributed by atoms with van der Waals surface area (Å²) in [4.78, 5) is 0. The van der Waals surface area contributed by atoms with Crippen molar-refractivity contribution in [2.45, 2.75) is 0 Å². The van der Waals surface area contributed by atoms with Crippen molar-refractivity contribution in [1.29, 1.82) is 0 Å². The van der Waals surface area contributed by atoms with Crippen molar-refractivity contribution in [2.24, 2.45) is 0 Å². The second-order valence-electron chi connectivity index (χ2n) is 2.69. The minimum absolute atomic E-state index is 0. The fourth-order valence-corrected chi connectivity index (χ4v) is 0.898. The zero-order valence-electron chi connectivity index (χ0n) is 14.3. The smallest absolute Gasteiger partial charge is 0 e. The second kappa shape index (κ2) is 100. The summed E-state index contributed by atoms with van der Waals surface area (Å²) in [5.74, 6) is 0. The summed E-state index contributed by atoms with van der Waals surface area (Å²) in [7, 11) is 0. The van der Waals surface area contributed by atoms with E-state index in [-0.39, 0.29) is 42.1 Å². The zero-order valence-corrected chi connectivity index (χ0v) is 18.4. The maximum Gasteiger partial charge on any atom is 0.0467 e. The Labute approximate surface area is 194 Å². The van der Waals surface area contributed by atoms with E-state index in [0.717, 1.165) is 0 Å². The third kappa shape index (κ3) is 88.2. The molecule has 0 aliphatic heterocycles. The Morgan fingerprint density at radius 2 is 0.464 bits per heavy atom. The number of rotatable bonds is 0. The Morgan fingerprint density at radius 3 is 0.607 bits per heavy atom. The minimum atomic E-state index is 0. The third-order valence-electron chi connectivity index (χ3n) is 1.56. The molecule has 0 unspecified atom stereocenters. The molecule has 140 valence electrons. The van der Waals surface area contributed by atoms with Crippen LogP contribution in [0.15, 0.2) is 84.9 Å². The molecular weight excluding hydrogens is 528 g/mol. The van der Waals surface area contributed by atoms with Crippen LogP contribution in [0.4, 0.5) is 0 Å². The molecule has 0 N–H and O–H groups in total. The maximum absolute atomic E-state index is 7.50. The van der Waals surface area contributed by atoms with Gasteiger partial charge >= 0.3 is 67.8 Å². The Balaban J connectivity index is -0.0000000299. The molecule has 0 bridgehead atoms. The van der Waals surface area contributed by atoms with Gasteiger partial charge in [-0.15, -0.1) is 0 Å². The molecule has 0 atom stereocenters. The van der Waals surface area contributed by atoms with Crippen LogP contribution in [-0.4, -0.2) is 0 Å². The summed E-state index contributed by atoms with van der Waals surface area (Å²) in [5, 5.41) is 0. The van der Waals surface area contributed by atoms with E-state index in [9.17, 15) is 0 Å². The Bertz CT molecular complexity index is 419. The predicted octanol–water partition coefficient (Wildman–Crippen LogP) is 3.71. The summed E-state index contributed by atoms with van der Waals surface area (Å²) in [6.07, 6.45) is 0. The van der Waals surface area contributed by atoms with Gasteiger partial charge in [0.1, 0.15) is 0 Å². The summed E-state index contributed by atoms with van der Waals surface area (Å²) in [6, 6.07) is 28.0. The molecule has 2 rings (SSSR count). The zero-order chi connectivity index (χ0) is 21.9. The molecule has 28 heavy (non-hydrogen) atoms. The van der Waals surface area contributed by atoms with Crippen molar-refractivity contribution in [1.82, 2.24) is 0 Å². The van der Waals surface area contributed by atoms with Gasteiger partial charge in [-0.2, -0.15) is 0 Å². The monoisotopic (exact) mass is 546 g/mol. The average molecular weight is 542 g/mol. The van der Waals surface area contributed by atoms with Crippen LogP contribution in [0.5, 0.6) is 0 Å². The molecule has 0 aliphatic rings. The summed E-state index contributed by atoms with van der Waals surface area (Å²) in [5.41, 5.74) is 0. The van der Waals surface area contributed by atoms with Crippen molar-refractivity contribution in [3.8, 4) is 0 Å². The van der Waals surface area contributed by atoms with Crippen molar-refractivity contribution in [3.05, 3.63) is 125 Å². The van der Waals surface area contributed by atoms with Gasteiger partial charge in [0.2, 0.25) is 0 Å². The van der Waals surface area contributed by atoms with Gasteiger partial charge in [-0.3, -0.25) is 0 Å². The van der Waals surface area contributed by atoms with E-state index in [2.05, 4.69) is 39.9 Å². The van der Waals surface area contributed by atoms with Gasteiger partial charge in [0.25, 0.3) is 0 Å². The van der Waals surface area contributed by atoms with Crippen molar-refractivity contribution in [3.63, 3.8) is 0 Å². The third-order valence-corrected chi connectivity index (χ3v) is 1.56. The summed E-state index contributed by atoms with van der Waals surface area (Å²) >= 11 is 0. The molecule has 2 aromatic carbocycles. The van der Waals surface area contributed by atoms with E-state index in [1.807, 2.05) is 84.9 Å². The van der Waals surface area contributed by atoms with Gasteiger partial charge < -0.3 is 0 Å². The summed E-state index contributed by atoms with van der Waals surface area (Å²) in [6.45, 7) is 27.0. The fourth-order valence-electron chi connectivity index (χ4n) is 0.898. The Kier molecular flexibility index (Phi) is 179. The van der Waals surface area contributed by atoms with E-state index in [0.29, 0.717) is 0 Å². The predicted molar refractivity (Wildman–Crippen MR) is 85.3 cm³/mol. The number of hydrogen-bond donors (Lipinski definition) is 0. The molecule has 0 amide bonds. The van der Waals surface area contributed by atoms with Gasteiger partial charge in [-0.25, -0.2) is 0 Å². The van der Waals surface area contributed by atoms with Crippen LogP contribution in [0, 0.1) is 39.9 Å². The van der Waals surface area contributed by atoms with E-state index in [4.69, 9.17) is 27.9 Å². The standard InChI is InChI=1S/2C7H7.6CO.2Mo/c2*1-2-4-6-7-5-3-1;6*1-2;;/h2*1-7H;;;;;;;;/q2*+1;;;;;;;;. The average Bonchev–Trinajstić information content (AvgIpc) is 3.27. The molecule has 0 aliphatic carbocycles. The number of hydrogen-bond acceptors (Lipinski definition) is 0. The molecule has 0 radical (unpaired) electrons. The molecule has 0 aromatic heterocycles.